The van der Waals surface area contributed by atoms with Gasteiger partial charge in [-0.1, -0.05) is 20.8 Å². The van der Waals surface area contributed by atoms with Crippen molar-refractivity contribution >= 4 is 0 Å². The lowest BCUT2D eigenvalue weighted by molar-refractivity contribution is 0.0588. The number of hydrogen-bond acceptors (Lipinski definition) is 2. The van der Waals surface area contributed by atoms with Crippen LogP contribution < -0.4 is 5.73 Å². The first kappa shape index (κ1) is 9.01. The Kier molecular flexibility index (Phi) is 2.55. The third-order valence-electron chi connectivity index (χ3n) is 2.22. The normalized spacial score (nSPS) is 26.7. The fourth-order valence-corrected chi connectivity index (χ4v) is 1.58. The van der Waals surface area contributed by atoms with Gasteiger partial charge in [0, 0.05) is 25.7 Å². The van der Waals surface area contributed by atoms with E-state index in [4.69, 9.17) is 5.73 Å². The van der Waals surface area contributed by atoms with E-state index in [1.165, 1.54) is 19.5 Å². The summed E-state index contributed by atoms with van der Waals surface area (Å²) < 4.78 is 0. The molecule has 11 heavy (non-hydrogen) atoms. The number of hydrogen-bond donors (Lipinski definition) is 1. The van der Waals surface area contributed by atoms with Crippen LogP contribution in [0.25, 0.3) is 0 Å². The van der Waals surface area contributed by atoms with Crippen molar-refractivity contribution < 1.29 is 0 Å². The van der Waals surface area contributed by atoms with E-state index in [9.17, 15) is 0 Å². The summed E-state index contributed by atoms with van der Waals surface area (Å²) in [6.07, 6.45) is 1.30. The Morgan fingerprint density at radius 1 is 1.45 bits per heavy atom. The van der Waals surface area contributed by atoms with E-state index in [2.05, 4.69) is 25.7 Å². The molecule has 0 spiro atoms. The summed E-state index contributed by atoms with van der Waals surface area (Å²) in [6.45, 7) is 10.1. The Morgan fingerprint density at radius 2 is 2.09 bits per heavy atom. The molecule has 0 bridgehead atoms. The summed E-state index contributed by atoms with van der Waals surface area (Å²) in [5, 5.41) is 0. The second-order valence-electron chi connectivity index (χ2n) is 4.71. The Hall–Kier alpha value is -0.0800. The quantitative estimate of drug-likeness (QED) is 0.648. The topological polar surface area (TPSA) is 29.3 Å². The maximum absolute atomic E-state index is 5.60. The smallest absolute Gasteiger partial charge is 0.0230 e. The minimum atomic E-state index is 0.424. The fourth-order valence-electron chi connectivity index (χ4n) is 1.58. The number of rotatable bonds is 2. The molecule has 0 aromatic heterocycles. The van der Waals surface area contributed by atoms with Gasteiger partial charge in [-0.25, -0.2) is 0 Å². The minimum Gasteiger partial charge on any atom is -0.329 e. The summed E-state index contributed by atoms with van der Waals surface area (Å²) in [5.74, 6) is 0. The number of nitrogens with zero attached hydrogens (tertiary/aromatic N) is 1. The molecule has 0 saturated carbocycles. The average molecular weight is 156 g/mol. The lowest BCUT2D eigenvalue weighted by atomic mass is 9.92. The van der Waals surface area contributed by atoms with Gasteiger partial charge in [-0.05, 0) is 11.8 Å². The van der Waals surface area contributed by atoms with Gasteiger partial charge in [0.25, 0.3) is 0 Å². The third kappa shape index (κ3) is 2.46. The molecule has 1 rings (SSSR count). The number of nitrogens with two attached hydrogens (primary N) is 1. The van der Waals surface area contributed by atoms with Gasteiger partial charge < -0.3 is 5.73 Å². The van der Waals surface area contributed by atoms with Gasteiger partial charge in [0.1, 0.15) is 0 Å². The Labute approximate surface area is 69.8 Å². The molecule has 1 fully saturated rings. The van der Waals surface area contributed by atoms with E-state index in [1.807, 2.05) is 0 Å². The van der Waals surface area contributed by atoms with E-state index >= 15 is 0 Å². The van der Waals surface area contributed by atoms with Crippen molar-refractivity contribution in [2.75, 3.05) is 19.6 Å². The molecule has 1 saturated heterocycles. The van der Waals surface area contributed by atoms with Crippen LogP contribution in [0, 0.1) is 5.41 Å². The van der Waals surface area contributed by atoms with Crippen molar-refractivity contribution in [3.63, 3.8) is 0 Å². The van der Waals surface area contributed by atoms with Gasteiger partial charge in [0.2, 0.25) is 0 Å². The Morgan fingerprint density at radius 3 is 2.36 bits per heavy atom. The average Bonchev–Trinajstić information content (AvgIpc) is 1.80. The van der Waals surface area contributed by atoms with E-state index in [1.54, 1.807) is 0 Å². The van der Waals surface area contributed by atoms with Gasteiger partial charge >= 0.3 is 0 Å². The second kappa shape index (κ2) is 3.11. The van der Waals surface area contributed by atoms with Crippen LogP contribution in [0.5, 0.6) is 0 Å². The van der Waals surface area contributed by atoms with Crippen LogP contribution in [-0.4, -0.2) is 30.6 Å². The standard InChI is InChI=1S/C9H20N2/c1-9(2,3)7-11-5-4-8(11)6-10/h8H,4-7,10H2,1-3H3. The Bertz CT molecular complexity index is 124. The highest BCUT2D eigenvalue weighted by atomic mass is 15.2. The molecule has 2 nitrogen and oxygen atoms in total. The highest BCUT2D eigenvalue weighted by molar-refractivity contribution is 4.85. The van der Waals surface area contributed by atoms with Crippen LogP contribution in [0.3, 0.4) is 0 Å². The molecule has 0 aromatic carbocycles. The van der Waals surface area contributed by atoms with E-state index in [0.29, 0.717) is 11.5 Å². The largest absolute Gasteiger partial charge is 0.329 e. The van der Waals surface area contributed by atoms with Crippen molar-refractivity contribution in [1.82, 2.24) is 4.90 Å². The molecule has 0 amide bonds. The summed E-state index contributed by atoms with van der Waals surface area (Å²) in [5.41, 5.74) is 6.03. The molecule has 1 aliphatic rings. The zero-order valence-corrected chi connectivity index (χ0v) is 7.93. The van der Waals surface area contributed by atoms with Crippen molar-refractivity contribution in [2.45, 2.75) is 33.2 Å². The van der Waals surface area contributed by atoms with E-state index < -0.39 is 0 Å². The van der Waals surface area contributed by atoms with Gasteiger partial charge in [0.15, 0.2) is 0 Å². The minimum absolute atomic E-state index is 0.424. The highest BCUT2D eigenvalue weighted by Gasteiger charge is 2.29. The molecule has 0 radical (unpaired) electrons. The molecule has 1 heterocycles. The van der Waals surface area contributed by atoms with Gasteiger partial charge in [-0.15, -0.1) is 0 Å². The summed E-state index contributed by atoms with van der Waals surface area (Å²) >= 11 is 0. The Balaban J connectivity index is 2.27. The zero-order chi connectivity index (χ0) is 8.48. The van der Waals surface area contributed by atoms with Gasteiger partial charge in [0.05, 0.1) is 0 Å². The molecular formula is C9H20N2. The lowest BCUT2D eigenvalue weighted by Gasteiger charge is -2.43. The van der Waals surface area contributed by atoms with Crippen molar-refractivity contribution in [1.29, 1.82) is 0 Å². The van der Waals surface area contributed by atoms with Crippen molar-refractivity contribution in [2.24, 2.45) is 11.1 Å². The van der Waals surface area contributed by atoms with Crippen LogP contribution in [0.15, 0.2) is 0 Å². The van der Waals surface area contributed by atoms with Crippen LogP contribution >= 0.6 is 0 Å². The fraction of sp³-hybridized carbons (Fsp3) is 1.00. The summed E-state index contributed by atoms with van der Waals surface area (Å²) in [7, 11) is 0. The van der Waals surface area contributed by atoms with Crippen LogP contribution in [0.2, 0.25) is 0 Å². The van der Waals surface area contributed by atoms with Crippen molar-refractivity contribution in [3.05, 3.63) is 0 Å². The van der Waals surface area contributed by atoms with Crippen LogP contribution in [0.1, 0.15) is 27.2 Å². The van der Waals surface area contributed by atoms with Gasteiger partial charge in [-0.2, -0.15) is 0 Å². The highest BCUT2D eigenvalue weighted by Crippen LogP contribution is 2.23. The van der Waals surface area contributed by atoms with Gasteiger partial charge in [-0.3, -0.25) is 4.90 Å². The molecule has 1 atom stereocenters. The summed E-state index contributed by atoms with van der Waals surface area (Å²) in [6, 6.07) is 0.675. The van der Waals surface area contributed by atoms with Crippen LogP contribution in [0.4, 0.5) is 0 Å². The molecule has 2 heteroatoms. The molecule has 66 valence electrons. The SMILES string of the molecule is CC(C)(C)CN1CCC1CN. The second-order valence-corrected chi connectivity index (χ2v) is 4.71. The third-order valence-corrected chi connectivity index (χ3v) is 2.22. The monoisotopic (exact) mass is 156 g/mol. The van der Waals surface area contributed by atoms with E-state index in [0.717, 1.165) is 6.54 Å². The molecular weight excluding hydrogens is 136 g/mol. The molecule has 1 unspecified atom stereocenters. The molecule has 0 aromatic rings. The maximum atomic E-state index is 5.60. The maximum Gasteiger partial charge on any atom is 0.0230 e. The first-order valence-corrected chi connectivity index (χ1v) is 4.47. The van der Waals surface area contributed by atoms with E-state index in [-0.39, 0.29) is 0 Å². The van der Waals surface area contributed by atoms with Crippen molar-refractivity contribution in [3.8, 4) is 0 Å². The first-order chi connectivity index (χ1) is 5.03. The summed E-state index contributed by atoms with van der Waals surface area (Å²) in [4.78, 5) is 2.49. The zero-order valence-electron chi connectivity index (χ0n) is 7.93. The molecule has 2 N–H and O–H groups in total. The van der Waals surface area contributed by atoms with Crippen LogP contribution in [-0.2, 0) is 0 Å². The molecule has 0 aliphatic carbocycles. The number of likely N-dealkylation sites (tertiary alicyclic amines) is 1. The predicted octanol–water partition coefficient (Wildman–Crippen LogP) is 1.07. The molecule has 1 aliphatic heterocycles. The first-order valence-electron chi connectivity index (χ1n) is 4.47. The lowest BCUT2D eigenvalue weighted by Crippen LogP contribution is -2.54. The predicted molar refractivity (Wildman–Crippen MR) is 48.5 cm³/mol.